The summed E-state index contributed by atoms with van der Waals surface area (Å²) >= 11 is 1.58. The summed E-state index contributed by atoms with van der Waals surface area (Å²) in [6, 6.07) is 8.20. The van der Waals surface area contributed by atoms with E-state index in [0.29, 0.717) is 0 Å². The minimum Gasteiger partial charge on any atom is -0.480 e. The highest BCUT2D eigenvalue weighted by Crippen LogP contribution is 2.31. The molecule has 2 aromatic rings. The van der Waals surface area contributed by atoms with Gasteiger partial charge in [0.2, 0.25) is 0 Å². The van der Waals surface area contributed by atoms with Crippen LogP contribution in [-0.4, -0.2) is 6.04 Å². The number of hydrogen-bond acceptors (Lipinski definition) is 3. The maximum atomic E-state index is 13.6. The minimum atomic E-state index is -0.364. The topological polar surface area (TPSA) is 35.2 Å². The molecule has 1 aromatic carbocycles. The monoisotopic (exact) mass is 265 g/mol. The van der Waals surface area contributed by atoms with Gasteiger partial charge in [0.15, 0.2) is 11.6 Å². The maximum absolute atomic E-state index is 13.6. The molecule has 0 aliphatic carbocycles. The lowest BCUT2D eigenvalue weighted by Crippen LogP contribution is -2.29. The molecule has 1 heterocycles. The van der Waals surface area contributed by atoms with Gasteiger partial charge in [0.05, 0.1) is 0 Å². The maximum Gasteiger partial charge on any atom is 0.165 e. The summed E-state index contributed by atoms with van der Waals surface area (Å²) < 4.78 is 19.3. The van der Waals surface area contributed by atoms with Gasteiger partial charge in [-0.2, -0.15) is 0 Å². The predicted molar refractivity (Wildman–Crippen MR) is 72.5 cm³/mol. The third-order valence-electron chi connectivity index (χ3n) is 2.73. The zero-order chi connectivity index (χ0) is 13.1. The molecule has 0 saturated carbocycles. The highest BCUT2D eigenvalue weighted by molar-refractivity contribution is 7.10. The second-order valence-electron chi connectivity index (χ2n) is 4.30. The van der Waals surface area contributed by atoms with Gasteiger partial charge in [-0.3, -0.25) is 0 Å². The van der Waals surface area contributed by atoms with Gasteiger partial charge in [-0.05, 0) is 43.0 Å². The van der Waals surface area contributed by atoms with Crippen LogP contribution in [0.15, 0.2) is 35.7 Å². The summed E-state index contributed by atoms with van der Waals surface area (Å²) in [5.74, 6) is -0.120. The molecule has 0 bridgehead atoms. The van der Waals surface area contributed by atoms with Crippen molar-refractivity contribution in [3.8, 4) is 5.75 Å². The molecule has 2 unspecified atom stereocenters. The van der Waals surface area contributed by atoms with Crippen LogP contribution >= 0.6 is 11.3 Å². The van der Waals surface area contributed by atoms with Gasteiger partial charge in [0.1, 0.15) is 6.10 Å². The highest BCUT2D eigenvalue weighted by Gasteiger charge is 2.22. The van der Waals surface area contributed by atoms with Crippen molar-refractivity contribution in [1.82, 2.24) is 0 Å². The Hall–Kier alpha value is -1.39. The fraction of sp³-hybridized carbons (Fsp3) is 0.286. The largest absolute Gasteiger partial charge is 0.480 e. The molecule has 0 aliphatic rings. The Morgan fingerprint density at radius 3 is 2.56 bits per heavy atom. The van der Waals surface area contributed by atoms with Crippen LogP contribution in [0.3, 0.4) is 0 Å². The van der Waals surface area contributed by atoms with E-state index in [1.807, 2.05) is 25.3 Å². The Balaban J connectivity index is 2.28. The van der Waals surface area contributed by atoms with E-state index in [1.165, 1.54) is 6.07 Å². The number of benzene rings is 1. The second-order valence-corrected chi connectivity index (χ2v) is 5.24. The van der Waals surface area contributed by atoms with E-state index in [9.17, 15) is 4.39 Å². The molecule has 0 aliphatic heterocycles. The molecule has 0 spiro atoms. The van der Waals surface area contributed by atoms with Gasteiger partial charge in [-0.15, -0.1) is 11.3 Å². The van der Waals surface area contributed by atoms with Crippen molar-refractivity contribution in [2.75, 3.05) is 0 Å². The first-order valence-electron chi connectivity index (χ1n) is 5.80. The van der Waals surface area contributed by atoms with Crippen molar-refractivity contribution in [2.24, 2.45) is 5.73 Å². The van der Waals surface area contributed by atoms with Gasteiger partial charge >= 0.3 is 0 Å². The number of aryl methyl sites for hydroxylation is 1. The molecule has 0 amide bonds. The SMILES string of the molecule is Cc1ccsc1C(Oc1ccccc1F)C(C)N. The number of rotatable bonds is 4. The molecular formula is C14H16FNOS. The van der Waals surface area contributed by atoms with Gasteiger partial charge in [-0.25, -0.2) is 4.39 Å². The van der Waals surface area contributed by atoms with E-state index >= 15 is 0 Å². The Kier molecular flexibility index (Phi) is 3.99. The van der Waals surface area contributed by atoms with Gasteiger partial charge in [0, 0.05) is 10.9 Å². The Morgan fingerprint density at radius 1 is 1.28 bits per heavy atom. The van der Waals surface area contributed by atoms with E-state index in [0.717, 1.165) is 10.4 Å². The summed E-state index contributed by atoms with van der Waals surface area (Å²) in [6.07, 6.45) is -0.318. The summed E-state index contributed by atoms with van der Waals surface area (Å²) in [5.41, 5.74) is 7.08. The molecule has 4 heteroatoms. The first-order valence-corrected chi connectivity index (χ1v) is 6.68. The zero-order valence-electron chi connectivity index (χ0n) is 10.4. The Labute approximate surface area is 110 Å². The van der Waals surface area contributed by atoms with Crippen molar-refractivity contribution in [3.63, 3.8) is 0 Å². The van der Waals surface area contributed by atoms with Crippen molar-refractivity contribution in [3.05, 3.63) is 52.0 Å². The van der Waals surface area contributed by atoms with Crippen molar-refractivity contribution in [2.45, 2.75) is 26.0 Å². The van der Waals surface area contributed by atoms with Crippen molar-refractivity contribution in [1.29, 1.82) is 0 Å². The summed E-state index contributed by atoms with van der Waals surface area (Å²) in [5, 5.41) is 1.99. The lowest BCUT2D eigenvalue weighted by Gasteiger charge is -2.22. The number of hydrogen-bond donors (Lipinski definition) is 1. The molecule has 2 rings (SSSR count). The highest BCUT2D eigenvalue weighted by atomic mass is 32.1. The zero-order valence-corrected chi connectivity index (χ0v) is 11.2. The van der Waals surface area contributed by atoms with Gasteiger partial charge in [-0.1, -0.05) is 12.1 Å². The van der Waals surface area contributed by atoms with E-state index in [2.05, 4.69) is 0 Å². The molecule has 1 aromatic heterocycles. The van der Waals surface area contributed by atoms with Crippen LogP contribution in [0.5, 0.6) is 5.75 Å². The van der Waals surface area contributed by atoms with Gasteiger partial charge < -0.3 is 10.5 Å². The summed E-state index contributed by atoms with van der Waals surface area (Å²) in [6.45, 7) is 3.87. The molecule has 96 valence electrons. The molecule has 2 nitrogen and oxygen atoms in total. The average molecular weight is 265 g/mol. The smallest absolute Gasteiger partial charge is 0.165 e. The fourth-order valence-corrected chi connectivity index (χ4v) is 2.82. The van der Waals surface area contributed by atoms with Crippen LogP contribution in [0.4, 0.5) is 4.39 Å². The van der Waals surface area contributed by atoms with Gasteiger partial charge in [0.25, 0.3) is 0 Å². The molecular weight excluding hydrogens is 249 g/mol. The van der Waals surface area contributed by atoms with Crippen LogP contribution in [0, 0.1) is 12.7 Å². The fourth-order valence-electron chi connectivity index (χ4n) is 1.75. The first-order chi connectivity index (χ1) is 8.59. The van der Waals surface area contributed by atoms with E-state index in [1.54, 1.807) is 29.5 Å². The molecule has 2 atom stereocenters. The number of para-hydroxylation sites is 1. The Morgan fingerprint density at radius 2 is 2.00 bits per heavy atom. The molecule has 0 fully saturated rings. The normalized spacial score (nSPS) is 14.2. The minimum absolute atomic E-state index is 0.207. The van der Waals surface area contributed by atoms with Crippen LogP contribution in [0.25, 0.3) is 0 Å². The summed E-state index contributed by atoms with van der Waals surface area (Å²) in [7, 11) is 0. The molecule has 2 N–H and O–H groups in total. The van der Waals surface area contributed by atoms with Crippen molar-refractivity contribution < 1.29 is 9.13 Å². The number of nitrogens with two attached hydrogens (primary N) is 1. The standard InChI is InChI=1S/C14H16FNOS/c1-9-7-8-18-14(9)13(10(2)16)17-12-6-4-3-5-11(12)15/h3-8,10,13H,16H2,1-2H3. The quantitative estimate of drug-likeness (QED) is 0.915. The number of ether oxygens (including phenoxy) is 1. The van der Waals surface area contributed by atoms with E-state index in [4.69, 9.17) is 10.5 Å². The van der Waals surface area contributed by atoms with Crippen LogP contribution in [0.1, 0.15) is 23.5 Å². The molecule has 18 heavy (non-hydrogen) atoms. The lowest BCUT2D eigenvalue weighted by atomic mass is 10.1. The average Bonchev–Trinajstić information content (AvgIpc) is 2.74. The third-order valence-corrected chi connectivity index (χ3v) is 3.81. The molecule has 0 radical (unpaired) electrons. The summed E-state index contributed by atoms with van der Waals surface area (Å²) in [4.78, 5) is 1.05. The third kappa shape index (κ3) is 2.71. The van der Waals surface area contributed by atoms with Crippen LogP contribution in [-0.2, 0) is 0 Å². The predicted octanol–water partition coefficient (Wildman–Crippen LogP) is 3.66. The van der Waals surface area contributed by atoms with Crippen LogP contribution in [0.2, 0.25) is 0 Å². The lowest BCUT2D eigenvalue weighted by molar-refractivity contribution is 0.175. The van der Waals surface area contributed by atoms with Crippen molar-refractivity contribution >= 4 is 11.3 Å². The van der Waals surface area contributed by atoms with E-state index in [-0.39, 0.29) is 23.7 Å². The number of halogens is 1. The second kappa shape index (κ2) is 5.50. The molecule has 0 saturated heterocycles. The van der Waals surface area contributed by atoms with E-state index < -0.39 is 0 Å². The Bertz CT molecular complexity index is 524. The van der Waals surface area contributed by atoms with Crippen LogP contribution < -0.4 is 10.5 Å². The number of thiophene rings is 1. The first kappa shape index (κ1) is 13.1.